The first-order chi connectivity index (χ1) is 9.95. The zero-order valence-corrected chi connectivity index (χ0v) is 12.4. The minimum absolute atomic E-state index is 0.0258. The summed E-state index contributed by atoms with van der Waals surface area (Å²) in [7, 11) is 0. The molecule has 110 valence electrons. The van der Waals surface area contributed by atoms with Crippen molar-refractivity contribution in [2.45, 2.75) is 33.9 Å². The van der Waals surface area contributed by atoms with Crippen molar-refractivity contribution in [3.05, 3.63) is 57.5 Å². The topological polar surface area (TPSA) is 76.9 Å². The first-order valence-electron chi connectivity index (χ1n) is 6.69. The summed E-state index contributed by atoms with van der Waals surface area (Å²) in [5.74, 6) is -0.222. The molecule has 1 N–H and O–H groups in total. The van der Waals surface area contributed by atoms with E-state index in [1.54, 1.807) is 26.1 Å². The van der Waals surface area contributed by atoms with Crippen LogP contribution < -0.4 is 11.0 Å². The molecule has 2 heterocycles. The van der Waals surface area contributed by atoms with E-state index in [9.17, 15) is 9.59 Å². The number of aromatic nitrogens is 3. The van der Waals surface area contributed by atoms with Gasteiger partial charge in [0, 0.05) is 29.8 Å². The molecule has 0 fully saturated rings. The molecular weight excluding hydrogens is 268 g/mol. The molecule has 0 saturated heterocycles. The predicted molar refractivity (Wildman–Crippen MR) is 78.8 cm³/mol. The van der Waals surface area contributed by atoms with E-state index in [0.29, 0.717) is 12.2 Å². The highest BCUT2D eigenvalue weighted by molar-refractivity contribution is 5.75. The van der Waals surface area contributed by atoms with Gasteiger partial charge in [0.2, 0.25) is 5.91 Å². The zero-order chi connectivity index (χ0) is 15.4. The standard InChI is InChI=1S/C15H18N4O2/c1-10-7-13(4-5-16-10)8-17-14(20)9-19-12(3)6-11(2)18-15(19)21/h4-7H,8-9H2,1-3H3,(H,17,20). The van der Waals surface area contributed by atoms with Crippen LogP contribution in [0.4, 0.5) is 0 Å². The lowest BCUT2D eigenvalue weighted by molar-refractivity contribution is -0.121. The fraction of sp³-hybridized carbons (Fsp3) is 0.333. The lowest BCUT2D eigenvalue weighted by Crippen LogP contribution is -2.34. The van der Waals surface area contributed by atoms with Crippen molar-refractivity contribution in [3.63, 3.8) is 0 Å². The number of carbonyl (C=O) groups is 1. The van der Waals surface area contributed by atoms with Crippen molar-refractivity contribution in [1.82, 2.24) is 19.9 Å². The monoisotopic (exact) mass is 286 g/mol. The summed E-state index contributed by atoms with van der Waals surface area (Å²) in [4.78, 5) is 31.7. The molecule has 0 radical (unpaired) electrons. The number of rotatable bonds is 4. The van der Waals surface area contributed by atoms with Crippen LogP contribution in [-0.4, -0.2) is 20.4 Å². The number of amides is 1. The number of nitrogens with one attached hydrogen (secondary N) is 1. The van der Waals surface area contributed by atoms with Crippen LogP contribution in [0.15, 0.2) is 29.2 Å². The highest BCUT2D eigenvalue weighted by atomic mass is 16.2. The molecule has 0 aliphatic rings. The van der Waals surface area contributed by atoms with E-state index in [2.05, 4.69) is 15.3 Å². The molecule has 0 bridgehead atoms. The van der Waals surface area contributed by atoms with Crippen LogP contribution in [0.2, 0.25) is 0 Å². The molecule has 0 aromatic carbocycles. The van der Waals surface area contributed by atoms with Crippen molar-refractivity contribution in [1.29, 1.82) is 0 Å². The van der Waals surface area contributed by atoms with Gasteiger partial charge in [-0.1, -0.05) is 0 Å². The second-order valence-corrected chi connectivity index (χ2v) is 4.99. The average molecular weight is 286 g/mol. The van der Waals surface area contributed by atoms with E-state index >= 15 is 0 Å². The molecule has 0 saturated carbocycles. The van der Waals surface area contributed by atoms with Gasteiger partial charge in [-0.2, -0.15) is 4.98 Å². The molecule has 2 aromatic heterocycles. The van der Waals surface area contributed by atoms with Gasteiger partial charge in [-0.05, 0) is 44.5 Å². The molecule has 1 amide bonds. The van der Waals surface area contributed by atoms with Gasteiger partial charge < -0.3 is 5.32 Å². The summed E-state index contributed by atoms with van der Waals surface area (Å²) in [5.41, 5.74) is 2.85. The van der Waals surface area contributed by atoms with Crippen LogP contribution in [0.5, 0.6) is 0 Å². The molecule has 0 atom stereocenters. The van der Waals surface area contributed by atoms with Crippen molar-refractivity contribution < 1.29 is 4.79 Å². The van der Waals surface area contributed by atoms with Gasteiger partial charge in [0.1, 0.15) is 6.54 Å². The second-order valence-electron chi connectivity index (χ2n) is 4.99. The fourth-order valence-corrected chi connectivity index (χ4v) is 2.08. The molecule has 21 heavy (non-hydrogen) atoms. The Kier molecular flexibility index (Phi) is 4.47. The van der Waals surface area contributed by atoms with Crippen LogP contribution in [0, 0.1) is 20.8 Å². The molecule has 0 aliphatic carbocycles. The Morgan fingerprint density at radius 2 is 2.00 bits per heavy atom. The van der Waals surface area contributed by atoms with Crippen molar-refractivity contribution >= 4 is 5.91 Å². The SMILES string of the molecule is Cc1cc(CNC(=O)Cn2c(C)cc(C)nc2=O)ccn1. The third-order valence-electron chi connectivity index (χ3n) is 3.10. The maximum Gasteiger partial charge on any atom is 0.348 e. The van der Waals surface area contributed by atoms with E-state index < -0.39 is 5.69 Å². The Bertz CT molecular complexity index is 722. The molecule has 2 rings (SSSR count). The predicted octanol–water partition coefficient (Wildman–Crippen LogP) is 0.880. The summed E-state index contributed by atoms with van der Waals surface area (Å²) in [6, 6.07) is 5.53. The minimum Gasteiger partial charge on any atom is -0.350 e. The maximum atomic E-state index is 11.9. The Labute approximate surface area is 122 Å². The van der Waals surface area contributed by atoms with Gasteiger partial charge in [-0.25, -0.2) is 4.79 Å². The Hall–Kier alpha value is -2.50. The quantitative estimate of drug-likeness (QED) is 0.905. The van der Waals surface area contributed by atoms with Gasteiger partial charge in [-0.15, -0.1) is 0 Å². The molecule has 0 aliphatic heterocycles. The largest absolute Gasteiger partial charge is 0.350 e. The van der Waals surface area contributed by atoms with E-state index in [1.165, 1.54) is 4.57 Å². The Morgan fingerprint density at radius 3 is 2.67 bits per heavy atom. The van der Waals surface area contributed by atoms with Gasteiger partial charge in [0.15, 0.2) is 0 Å². The van der Waals surface area contributed by atoms with Crippen LogP contribution in [0.1, 0.15) is 22.6 Å². The number of pyridine rings is 1. The van der Waals surface area contributed by atoms with Crippen LogP contribution in [-0.2, 0) is 17.9 Å². The smallest absolute Gasteiger partial charge is 0.348 e. The van der Waals surface area contributed by atoms with Gasteiger partial charge in [0.25, 0.3) is 0 Å². The molecule has 0 spiro atoms. The van der Waals surface area contributed by atoms with Crippen LogP contribution in [0.25, 0.3) is 0 Å². The first kappa shape index (κ1) is 14.9. The highest BCUT2D eigenvalue weighted by Gasteiger charge is 2.08. The molecule has 6 heteroatoms. The maximum absolute atomic E-state index is 11.9. The van der Waals surface area contributed by atoms with Gasteiger partial charge in [0.05, 0.1) is 0 Å². The lowest BCUT2D eigenvalue weighted by Gasteiger charge is -2.10. The molecule has 0 unspecified atom stereocenters. The van der Waals surface area contributed by atoms with Crippen molar-refractivity contribution in [2.24, 2.45) is 0 Å². The summed E-state index contributed by atoms with van der Waals surface area (Å²) in [5, 5.41) is 2.79. The summed E-state index contributed by atoms with van der Waals surface area (Å²) in [6.07, 6.45) is 1.70. The molecular formula is C15H18N4O2. The zero-order valence-electron chi connectivity index (χ0n) is 12.4. The summed E-state index contributed by atoms with van der Waals surface area (Å²) in [6.45, 7) is 5.82. The number of hydrogen-bond acceptors (Lipinski definition) is 4. The van der Waals surface area contributed by atoms with Gasteiger partial charge in [-0.3, -0.25) is 14.3 Å². The Morgan fingerprint density at radius 1 is 1.24 bits per heavy atom. The molecule has 2 aromatic rings. The Balaban J connectivity index is 2.01. The number of carbonyl (C=O) groups excluding carboxylic acids is 1. The van der Waals surface area contributed by atoms with Crippen LogP contribution >= 0.6 is 0 Å². The minimum atomic E-state index is -0.401. The van der Waals surface area contributed by atoms with E-state index in [0.717, 1.165) is 17.0 Å². The highest BCUT2D eigenvalue weighted by Crippen LogP contribution is 2.00. The van der Waals surface area contributed by atoms with E-state index in [4.69, 9.17) is 0 Å². The first-order valence-corrected chi connectivity index (χ1v) is 6.69. The number of hydrogen-bond donors (Lipinski definition) is 1. The van der Waals surface area contributed by atoms with Crippen LogP contribution in [0.3, 0.4) is 0 Å². The number of aryl methyl sites for hydroxylation is 3. The van der Waals surface area contributed by atoms with E-state index in [-0.39, 0.29) is 12.5 Å². The number of nitrogens with zero attached hydrogens (tertiary/aromatic N) is 3. The fourth-order valence-electron chi connectivity index (χ4n) is 2.08. The lowest BCUT2D eigenvalue weighted by atomic mass is 10.2. The second kappa shape index (κ2) is 6.30. The third kappa shape index (κ3) is 3.98. The normalized spacial score (nSPS) is 10.4. The van der Waals surface area contributed by atoms with Crippen molar-refractivity contribution in [3.8, 4) is 0 Å². The summed E-state index contributed by atoms with van der Waals surface area (Å²) >= 11 is 0. The van der Waals surface area contributed by atoms with Gasteiger partial charge >= 0.3 is 5.69 Å². The third-order valence-corrected chi connectivity index (χ3v) is 3.10. The van der Waals surface area contributed by atoms with E-state index in [1.807, 2.05) is 19.1 Å². The molecule has 6 nitrogen and oxygen atoms in total. The van der Waals surface area contributed by atoms with Crippen molar-refractivity contribution in [2.75, 3.05) is 0 Å². The average Bonchev–Trinajstić information content (AvgIpc) is 2.40. The summed E-state index contributed by atoms with van der Waals surface area (Å²) < 4.78 is 1.36.